The number of fused-ring (bicyclic) bond motifs is 1. The Labute approximate surface area is 167 Å². The normalized spacial score (nSPS) is 11.1. The van der Waals surface area contributed by atoms with Crippen molar-refractivity contribution in [3.05, 3.63) is 95.3 Å². The Morgan fingerprint density at radius 1 is 1.03 bits per heavy atom. The molecule has 0 aliphatic carbocycles. The summed E-state index contributed by atoms with van der Waals surface area (Å²) in [5.74, 6) is -1.19. The Balaban J connectivity index is 1.51. The molecule has 0 spiro atoms. The molecule has 1 aromatic carbocycles. The van der Waals surface area contributed by atoms with Crippen LogP contribution in [-0.4, -0.2) is 25.6 Å². The molecule has 29 heavy (non-hydrogen) atoms. The molecule has 0 atom stereocenters. The van der Waals surface area contributed by atoms with E-state index < -0.39 is 5.97 Å². The van der Waals surface area contributed by atoms with Crippen molar-refractivity contribution in [2.24, 2.45) is 0 Å². The van der Waals surface area contributed by atoms with Gasteiger partial charge in [0, 0.05) is 36.2 Å². The number of carboxylic acid groups (broad SMARTS) is 1. The number of carbonyl (C=O) groups is 1. The zero-order chi connectivity index (χ0) is 20.2. The van der Waals surface area contributed by atoms with Crippen LogP contribution in [-0.2, 0) is 19.4 Å². The first-order chi connectivity index (χ1) is 14.1. The minimum Gasteiger partial charge on any atom is -0.478 e. The van der Waals surface area contributed by atoms with Gasteiger partial charge in [0.25, 0.3) is 0 Å². The highest BCUT2D eigenvalue weighted by molar-refractivity contribution is 5.87. The second kappa shape index (κ2) is 8.22. The Morgan fingerprint density at radius 3 is 2.66 bits per heavy atom. The Bertz CT molecular complexity index is 1150. The third-order valence-corrected chi connectivity index (χ3v) is 4.93. The van der Waals surface area contributed by atoms with E-state index in [0.29, 0.717) is 13.0 Å². The van der Waals surface area contributed by atoms with Crippen molar-refractivity contribution in [3.8, 4) is 0 Å². The molecule has 1 N–H and O–H groups in total. The standard InChI is InChI=1S/C23H20FN3O2/c24-19-8-6-16(7-9-19)14-27-15-18(21-5-2-11-26-22(21)27)3-1-4-20-13-17(23(28)29)10-12-25-20/h2,5-13,15H,1,3-4,14H2,(H,28,29). The number of carboxylic acids is 1. The molecule has 0 radical (unpaired) electrons. The van der Waals surface area contributed by atoms with E-state index in [1.54, 1.807) is 24.4 Å². The molecule has 0 saturated carbocycles. The first-order valence-corrected chi connectivity index (χ1v) is 9.45. The van der Waals surface area contributed by atoms with E-state index >= 15 is 0 Å². The third kappa shape index (κ3) is 4.32. The minimum absolute atomic E-state index is 0.245. The highest BCUT2D eigenvalue weighted by atomic mass is 19.1. The van der Waals surface area contributed by atoms with Crippen molar-refractivity contribution in [2.75, 3.05) is 0 Å². The van der Waals surface area contributed by atoms with Gasteiger partial charge in [-0.2, -0.15) is 0 Å². The molecule has 0 aliphatic rings. The molecule has 0 bridgehead atoms. The predicted octanol–water partition coefficient (Wildman–Crippen LogP) is 4.49. The summed E-state index contributed by atoms with van der Waals surface area (Å²) in [7, 11) is 0. The molecule has 4 rings (SSSR count). The number of hydrogen-bond acceptors (Lipinski definition) is 3. The molecule has 0 saturated heterocycles. The zero-order valence-corrected chi connectivity index (χ0v) is 15.8. The maximum atomic E-state index is 13.2. The van der Waals surface area contributed by atoms with Gasteiger partial charge in [-0.1, -0.05) is 12.1 Å². The van der Waals surface area contributed by atoms with Crippen LogP contribution in [0.25, 0.3) is 11.0 Å². The highest BCUT2D eigenvalue weighted by Crippen LogP contribution is 2.22. The van der Waals surface area contributed by atoms with Gasteiger partial charge in [-0.25, -0.2) is 14.2 Å². The lowest BCUT2D eigenvalue weighted by Crippen LogP contribution is -2.00. The number of aromatic carboxylic acids is 1. The topological polar surface area (TPSA) is 68.0 Å². The quantitative estimate of drug-likeness (QED) is 0.506. The summed E-state index contributed by atoms with van der Waals surface area (Å²) < 4.78 is 15.3. The molecular weight excluding hydrogens is 369 g/mol. The molecule has 6 heteroatoms. The highest BCUT2D eigenvalue weighted by Gasteiger charge is 2.11. The van der Waals surface area contributed by atoms with E-state index in [1.165, 1.54) is 30.0 Å². The second-order valence-electron chi connectivity index (χ2n) is 6.98. The maximum Gasteiger partial charge on any atom is 0.335 e. The van der Waals surface area contributed by atoms with E-state index in [9.17, 15) is 9.18 Å². The summed E-state index contributed by atoms with van der Waals surface area (Å²) in [5, 5.41) is 10.2. The van der Waals surface area contributed by atoms with Crippen molar-refractivity contribution in [2.45, 2.75) is 25.8 Å². The van der Waals surface area contributed by atoms with E-state index in [1.807, 2.05) is 6.07 Å². The van der Waals surface area contributed by atoms with Crippen LogP contribution in [0.4, 0.5) is 4.39 Å². The fourth-order valence-corrected chi connectivity index (χ4v) is 3.51. The van der Waals surface area contributed by atoms with Gasteiger partial charge >= 0.3 is 5.97 Å². The van der Waals surface area contributed by atoms with Crippen molar-refractivity contribution in [3.63, 3.8) is 0 Å². The average Bonchev–Trinajstić information content (AvgIpc) is 3.08. The monoisotopic (exact) mass is 389 g/mol. The number of hydrogen-bond donors (Lipinski definition) is 1. The number of aromatic nitrogens is 3. The van der Waals surface area contributed by atoms with E-state index in [4.69, 9.17) is 5.11 Å². The lowest BCUT2D eigenvalue weighted by molar-refractivity contribution is 0.0696. The summed E-state index contributed by atoms with van der Waals surface area (Å²) in [6.45, 7) is 0.621. The van der Waals surface area contributed by atoms with E-state index in [2.05, 4.69) is 26.8 Å². The molecular formula is C23H20FN3O2. The fourth-order valence-electron chi connectivity index (χ4n) is 3.51. The van der Waals surface area contributed by atoms with Crippen molar-refractivity contribution < 1.29 is 14.3 Å². The Kier molecular flexibility index (Phi) is 5.33. The average molecular weight is 389 g/mol. The number of benzene rings is 1. The van der Waals surface area contributed by atoms with Gasteiger partial charge in [0.05, 0.1) is 5.56 Å². The molecule has 0 aliphatic heterocycles. The lowest BCUT2D eigenvalue weighted by atomic mass is 10.1. The van der Waals surface area contributed by atoms with Crippen LogP contribution < -0.4 is 0 Å². The zero-order valence-electron chi connectivity index (χ0n) is 15.8. The minimum atomic E-state index is -0.941. The molecule has 3 heterocycles. The third-order valence-electron chi connectivity index (χ3n) is 4.93. The van der Waals surface area contributed by atoms with Gasteiger partial charge in [0.1, 0.15) is 11.5 Å². The van der Waals surface area contributed by atoms with Crippen LogP contribution in [0.3, 0.4) is 0 Å². The van der Waals surface area contributed by atoms with Crippen LogP contribution >= 0.6 is 0 Å². The van der Waals surface area contributed by atoms with Gasteiger partial charge in [0.15, 0.2) is 0 Å². The van der Waals surface area contributed by atoms with Crippen LogP contribution in [0.2, 0.25) is 0 Å². The largest absolute Gasteiger partial charge is 0.478 e. The summed E-state index contributed by atoms with van der Waals surface area (Å²) in [5.41, 5.74) is 4.13. The van der Waals surface area contributed by atoms with Crippen LogP contribution in [0.1, 0.15) is 33.6 Å². The van der Waals surface area contributed by atoms with Crippen LogP contribution in [0.5, 0.6) is 0 Å². The molecule has 3 aromatic heterocycles. The first-order valence-electron chi connectivity index (χ1n) is 9.45. The summed E-state index contributed by atoms with van der Waals surface area (Å²) >= 11 is 0. The Morgan fingerprint density at radius 2 is 1.86 bits per heavy atom. The molecule has 146 valence electrons. The van der Waals surface area contributed by atoms with Crippen molar-refractivity contribution >= 4 is 17.0 Å². The first kappa shape index (κ1) is 18.8. The van der Waals surface area contributed by atoms with Crippen LogP contribution in [0, 0.1) is 5.82 Å². The SMILES string of the molecule is O=C(O)c1ccnc(CCCc2cn(Cc3ccc(F)cc3)c3ncccc23)c1. The van der Waals surface area contributed by atoms with Gasteiger partial charge in [0.2, 0.25) is 0 Å². The summed E-state index contributed by atoms with van der Waals surface area (Å²) in [6.07, 6.45) is 7.79. The Hall–Kier alpha value is -3.54. The van der Waals surface area contributed by atoms with E-state index in [-0.39, 0.29) is 11.4 Å². The molecule has 4 aromatic rings. The van der Waals surface area contributed by atoms with Gasteiger partial charge < -0.3 is 9.67 Å². The number of rotatable bonds is 7. The summed E-state index contributed by atoms with van der Waals surface area (Å²) in [6, 6.07) is 13.6. The molecule has 5 nitrogen and oxygen atoms in total. The second-order valence-corrected chi connectivity index (χ2v) is 6.98. The van der Waals surface area contributed by atoms with E-state index in [0.717, 1.165) is 35.1 Å². The number of nitrogens with zero attached hydrogens (tertiary/aromatic N) is 3. The van der Waals surface area contributed by atoms with Gasteiger partial charge in [-0.05, 0) is 66.8 Å². The summed E-state index contributed by atoms with van der Waals surface area (Å²) in [4.78, 5) is 19.9. The lowest BCUT2D eigenvalue weighted by Gasteiger charge is -2.04. The fraction of sp³-hybridized carbons (Fsp3) is 0.174. The predicted molar refractivity (Wildman–Crippen MR) is 108 cm³/mol. The van der Waals surface area contributed by atoms with Crippen LogP contribution in [0.15, 0.2) is 67.1 Å². The molecule has 0 fully saturated rings. The number of aryl methyl sites for hydroxylation is 2. The molecule has 0 unspecified atom stereocenters. The maximum absolute atomic E-state index is 13.2. The number of pyridine rings is 2. The van der Waals surface area contributed by atoms with Crippen molar-refractivity contribution in [1.29, 1.82) is 0 Å². The van der Waals surface area contributed by atoms with Gasteiger partial charge in [-0.3, -0.25) is 4.98 Å². The number of halogens is 1. The smallest absolute Gasteiger partial charge is 0.335 e. The van der Waals surface area contributed by atoms with Gasteiger partial charge in [-0.15, -0.1) is 0 Å². The van der Waals surface area contributed by atoms with Crippen molar-refractivity contribution in [1.82, 2.24) is 14.5 Å². The molecule has 0 amide bonds.